The molecule has 4 saturated carbocycles. The summed E-state index contributed by atoms with van der Waals surface area (Å²) < 4.78 is 5.96. The lowest BCUT2D eigenvalue weighted by molar-refractivity contribution is -0.212. The fourth-order valence-corrected chi connectivity index (χ4v) is 13.7. The van der Waals surface area contributed by atoms with Crippen molar-refractivity contribution in [1.82, 2.24) is 9.80 Å². The van der Waals surface area contributed by atoms with Crippen LogP contribution < -0.4 is 0 Å². The number of benzene rings is 1. The second kappa shape index (κ2) is 13.4. The normalized spacial score (nSPS) is 38.9. The number of nitrogens with zero attached hydrogens (tertiary/aromatic N) is 2. The third-order valence-corrected chi connectivity index (χ3v) is 17.4. The predicted octanol–water partition coefficient (Wildman–Crippen LogP) is 10.4. The van der Waals surface area contributed by atoms with Gasteiger partial charge in [0.05, 0.1) is 15.5 Å². The highest BCUT2D eigenvalue weighted by molar-refractivity contribution is 6.42. The Bertz CT molecular complexity index is 1730. The fraction of sp³-hybridized carbons (Fsp3) is 0.711. The number of hydrogen-bond acceptors (Lipinski definition) is 4. The summed E-state index contributed by atoms with van der Waals surface area (Å²) in [5, 5.41) is 0.900. The zero-order chi connectivity index (χ0) is 38.4. The van der Waals surface area contributed by atoms with Crippen LogP contribution in [0.1, 0.15) is 125 Å². The van der Waals surface area contributed by atoms with Gasteiger partial charge in [0.25, 0.3) is 0 Å². The topological polar surface area (TPSA) is 66.9 Å². The van der Waals surface area contributed by atoms with Crippen molar-refractivity contribution in [1.29, 1.82) is 0 Å². The first kappa shape index (κ1) is 38.9. The summed E-state index contributed by atoms with van der Waals surface area (Å²) in [4.78, 5) is 44.3. The maximum absolute atomic E-state index is 15.1. The van der Waals surface area contributed by atoms with Crippen molar-refractivity contribution in [2.75, 3.05) is 26.2 Å². The van der Waals surface area contributed by atoms with E-state index >= 15 is 4.79 Å². The molecule has 0 bridgehead atoms. The van der Waals surface area contributed by atoms with Gasteiger partial charge in [-0.3, -0.25) is 14.4 Å². The zero-order valence-electron chi connectivity index (χ0n) is 33.5. The Kier molecular flexibility index (Phi) is 9.86. The predicted molar refractivity (Wildman–Crippen MR) is 213 cm³/mol. The van der Waals surface area contributed by atoms with E-state index < -0.39 is 0 Å². The molecule has 1 heterocycles. The maximum Gasteiger partial charge on any atom is 0.302 e. The summed E-state index contributed by atoms with van der Waals surface area (Å²) in [7, 11) is 0. The third kappa shape index (κ3) is 6.14. The Hall–Kier alpha value is -2.31. The quantitative estimate of drug-likeness (QED) is 0.174. The highest BCUT2D eigenvalue weighted by Gasteiger charge is 2.69. The molecule has 5 aliphatic carbocycles. The summed E-state index contributed by atoms with van der Waals surface area (Å²) in [6.07, 6.45) is 16.4. The first-order valence-electron chi connectivity index (χ1n) is 20.4. The number of amides is 2. The van der Waals surface area contributed by atoms with Gasteiger partial charge >= 0.3 is 5.97 Å². The smallest absolute Gasteiger partial charge is 0.302 e. The number of carbonyl (C=O) groups excluding carboxylic acids is 3. The van der Waals surface area contributed by atoms with Crippen LogP contribution in [0.2, 0.25) is 10.0 Å². The van der Waals surface area contributed by atoms with E-state index in [2.05, 4.69) is 59.4 Å². The molecule has 8 atom stereocenters. The van der Waals surface area contributed by atoms with Crippen molar-refractivity contribution in [3.8, 4) is 0 Å². The van der Waals surface area contributed by atoms with Crippen LogP contribution in [0, 0.1) is 50.2 Å². The molecule has 0 aromatic heterocycles. The lowest BCUT2D eigenvalue weighted by Crippen LogP contribution is -2.66. The zero-order valence-corrected chi connectivity index (χ0v) is 35.0. The van der Waals surface area contributed by atoms with Crippen molar-refractivity contribution in [3.63, 3.8) is 0 Å². The van der Waals surface area contributed by atoms with E-state index in [1.54, 1.807) is 30.7 Å². The van der Waals surface area contributed by atoms with Gasteiger partial charge in [0.2, 0.25) is 11.8 Å². The molecule has 7 rings (SSSR count). The monoisotopic (exact) mass is 764 g/mol. The minimum Gasteiger partial charge on any atom is -0.462 e. The van der Waals surface area contributed by atoms with E-state index in [4.69, 9.17) is 27.9 Å². The van der Waals surface area contributed by atoms with E-state index in [9.17, 15) is 9.59 Å². The molecule has 2 amide bonds. The summed E-state index contributed by atoms with van der Waals surface area (Å²) in [5.41, 5.74) is 2.36. The Morgan fingerprint density at radius 1 is 0.830 bits per heavy atom. The molecule has 8 heteroatoms. The standard InChI is InChI=1S/C45H62Cl2N2O4/c1-29(50)53-36-17-18-42(6)34(41(36,4)5)16-19-44(8)35(42)14-13-31-32-28-40(2,3)20-22-45(32,23-21-43(31,44)7)39(52)49-26-24-48(25-27-49)37(51)15-12-30-10-9-11-33(46)38(30)47/h9-13,15,32,34-36H,14,16-28H2,1-8H3/b15-12+/t32-,34-,35+,36-,42-,43+,44+,45-/m0/s1. The SMILES string of the molecule is CC(=O)O[C@H]1CC[C@]2(C)[C@H]3CC=C4[C@@H]5CC(C)(C)CC[C@]5(C(=O)N5CCN(C(=O)/C=C/c6cccc(Cl)c6Cl)CC5)CC[C@@]4(C)[C@]3(C)CC[C@H]2C1(C)C. The van der Waals surface area contributed by atoms with Crippen LogP contribution in [0.4, 0.5) is 0 Å². The molecule has 1 aliphatic heterocycles. The van der Waals surface area contributed by atoms with Crippen LogP contribution in [0.3, 0.4) is 0 Å². The van der Waals surface area contributed by atoms with E-state index in [-0.39, 0.29) is 56.4 Å². The van der Waals surface area contributed by atoms with E-state index in [0.717, 1.165) is 57.8 Å². The number of rotatable bonds is 4. The number of ether oxygens (including phenoxy) is 1. The number of carbonyl (C=O) groups is 3. The highest BCUT2D eigenvalue weighted by Crippen LogP contribution is 2.76. The van der Waals surface area contributed by atoms with Crippen molar-refractivity contribution in [2.24, 2.45) is 50.2 Å². The van der Waals surface area contributed by atoms with Gasteiger partial charge in [-0.1, -0.05) is 95.4 Å². The molecule has 53 heavy (non-hydrogen) atoms. The maximum atomic E-state index is 15.1. The van der Waals surface area contributed by atoms with Gasteiger partial charge in [0.15, 0.2) is 0 Å². The van der Waals surface area contributed by atoms with Gasteiger partial charge in [-0.2, -0.15) is 0 Å². The summed E-state index contributed by atoms with van der Waals surface area (Å²) >= 11 is 12.5. The van der Waals surface area contributed by atoms with Gasteiger partial charge in [0.1, 0.15) is 6.10 Å². The van der Waals surface area contributed by atoms with Crippen LogP contribution in [0.25, 0.3) is 6.08 Å². The van der Waals surface area contributed by atoms with Gasteiger partial charge in [0, 0.05) is 44.6 Å². The van der Waals surface area contributed by atoms with Crippen LogP contribution in [0.15, 0.2) is 35.9 Å². The molecule has 0 unspecified atom stereocenters. The van der Waals surface area contributed by atoms with Gasteiger partial charge in [-0.05, 0) is 121 Å². The van der Waals surface area contributed by atoms with Crippen molar-refractivity contribution in [3.05, 3.63) is 51.5 Å². The second-order valence-electron chi connectivity index (χ2n) is 19.9. The van der Waals surface area contributed by atoms with Crippen LogP contribution in [0.5, 0.6) is 0 Å². The molecule has 6 nitrogen and oxygen atoms in total. The van der Waals surface area contributed by atoms with Crippen molar-refractivity contribution < 1.29 is 19.1 Å². The first-order chi connectivity index (χ1) is 24.8. The Morgan fingerprint density at radius 2 is 1.51 bits per heavy atom. The first-order valence-corrected chi connectivity index (χ1v) is 21.1. The molecule has 0 radical (unpaired) electrons. The minimum atomic E-state index is -0.384. The number of halogens is 2. The van der Waals surface area contributed by atoms with Crippen LogP contribution >= 0.6 is 23.2 Å². The number of allylic oxidation sites excluding steroid dienone is 2. The van der Waals surface area contributed by atoms with Crippen molar-refractivity contribution in [2.45, 2.75) is 126 Å². The summed E-state index contributed by atoms with van der Waals surface area (Å²) in [5.74, 6) is 1.38. The van der Waals surface area contributed by atoms with Crippen molar-refractivity contribution >= 4 is 47.1 Å². The number of piperazine rings is 1. The molecule has 290 valence electrons. The average molecular weight is 766 g/mol. The lowest BCUT2D eigenvalue weighted by Gasteiger charge is -2.71. The van der Waals surface area contributed by atoms with E-state index in [1.165, 1.54) is 6.42 Å². The molecular weight excluding hydrogens is 703 g/mol. The Morgan fingerprint density at radius 3 is 2.21 bits per heavy atom. The molecule has 1 saturated heterocycles. The van der Waals surface area contributed by atoms with Gasteiger partial charge < -0.3 is 14.5 Å². The largest absolute Gasteiger partial charge is 0.462 e. The van der Waals surface area contributed by atoms with E-state index in [0.29, 0.717) is 59.5 Å². The Labute approximate surface area is 328 Å². The molecular formula is C45H62Cl2N2O4. The van der Waals surface area contributed by atoms with Crippen LogP contribution in [-0.4, -0.2) is 59.9 Å². The van der Waals surface area contributed by atoms with Gasteiger partial charge in [-0.25, -0.2) is 0 Å². The summed E-state index contributed by atoms with van der Waals surface area (Å²) in [6, 6.07) is 5.40. The number of esters is 1. The summed E-state index contributed by atoms with van der Waals surface area (Å²) in [6.45, 7) is 21.0. The molecule has 0 spiro atoms. The third-order valence-electron chi connectivity index (χ3n) is 16.6. The average Bonchev–Trinajstić information content (AvgIpc) is 3.10. The second-order valence-corrected chi connectivity index (χ2v) is 20.7. The fourth-order valence-electron chi connectivity index (χ4n) is 13.4. The van der Waals surface area contributed by atoms with Gasteiger partial charge in [-0.15, -0.1) is 0 Å². The minimum absolute atomic E-state index is 0.0250. The molecule has 1 aromatic carbocycles. The molecule has 5 fully saturated rings. The van der Waals surface area contributed by atoms with E-state index in [1.807, 2.05) is 17.0 Å². The molecule has 0 N–H and O–H groups in total. The lowest BCUT2D eigenvalue weighted by atomic mass is 9.33. The Balaban J connectivity index is 1.12. The number of hydrogen-bond donors (Lipinski definition) is 0. The molecule has 1 aromatic rings. The number of fused-ring (bicyclic) bond motifs is 7. The van der Waals surface area contributed by atoms with Crippen LogP contribution in [-0.2, 0) is 19.1 Å². The highest BCUT2D eigenvalue weighted by atomic mass is 35.5. The molecule has 6 aliphatic rings.